The molecule has 0 aliphatic rings. The molecule has 0 aromatic carbocycles. The van der Waals surface area contributed by atoms with Crippen LogP contribution in [0.2, 0.25) is 0 Å². The van der Waals surface area contributed by atoms with Gasteiger partial charge in [-0.05, 0) is 50.4 Å². The predicted molar refractivity (Wildman–Crippen MR) is 170 cm³/mol. The number of methoxy groups -OCH3 is 2. The van der Waals surface area contributed by atoms with Gasteiger partial charge in [0.25, 0.3) is 0 Å². The molecule has 0 aliphatic heterocycles. The summed E-state index contributed by atoms with van der Waals surface area (Å²) in [7, 11) is 3.56. The van der Waals surface area contributed by atoms with Crippen LogP contribution in [0.15, 0.2) is 0 Å². The lowest BCUT2D eigenvalue weighted by Crippen LogP contribution is -2.44. The smallest absolute Gasteiger partial charge is 0.0637 e. The minimum absolute atomic E-state index is 0.134. The molecule has 0 aromatic rings. The Morgan fingerprint density at radius 2 is 0.732 bits per heavy atom. The number of ether oxygens (including phenoxy) is 7. The van der Waals surface area contributed by atoms with E-state index in [9.17, 15) is 0 Å². The van der Waals surface area contributed by atoms with Crippen LogP contribution in [-0.4, -0.2) is 93.5 Å². The standard InChI is InChI=1S/C34H70O7/c1-9-13-17-37-25-33(21-31(5)23-35-7,22-32(6)24-36-8)26-41-30-34(27-38-18-14-10-2,28-39-19-15-11-3)29-40-20-16-12-4/h31-32H,9-30H2,1-8H3. The zero-order valence-corrected chi connectivity index (χ0v) is 28.6. The van der Waals surface area contributed by atoms with Gasteiger partial charge in [-0.3, -0.25) is 0 Å². The molecule has 0 spiro atoms. The minimum Gasteiger partial charge on any atom is -0.384 e. The van der Waals surface area contributed by atoms with Crippen LogP contribution in [0.4, 0.5) is 0 Å². The van der Waals surface area contributed by atoms with Gasteiger partial charge in [0.15, 0.2) is 0 Å². The van der Waals surface area contributed by atoms with Gasteiger partial charge in [0.05, 0.1) is 45.1 Å². The number of hydrogen-bond acceptors (Lipinski definition) is 7. The molecule has 2 atom stereocenters. The monoisotopic (exact) mass is 591 g/mol. The summed E-state index contributed by atoms with van der Waals surface area (Å²) < 4.78 is 42.8. The van der Waals surface area contributed by atoms with Gasteiger partial charge < -0.3 is 33.2 Å². The lowest BCUT2D eigenvalue weighted by atomic mass is 9.74. The van der Waals surface area contributed by atoms with Crippen LogP contribution < -0.4 is 0 Å². The van der Waals surface area contributed by atoms with Gasteiger partial charge in [0, 0.05) is 59.3 Å². The van der Waals surface area contributed by atoms with Crippen LogP contribution >= 0.6 is 0 Å². The Kier molecular flexibility index (Phi) is 27.1. The SMILES string of the molecule is CCCCOCC(COCCCC)(COCCCC)COCC(COCCCC)(CC(C)COC)CC(C)COC. The fraction of sp³-hybridized carbons (Fsp3) is 1.00. The summed E-state index contributed by atoms with van der Waals surface area (Å²) in [6, 6.07) is 0. The fourth-order valence-electron chi connectivity index (χ4n) is 5.40. The van der Waals surface area contributed by atoms with Crippen molar-refractivity contribution in [1.82, 2.24) is 0 Å². The molecule has 0 radical (unpaired) electrons. The van der Waals surface area contributed by atoms with Crippen molar-refractivity contribution < 1.29 is 33.2 Å². The number of hydrogen-bond donors (Lipinski definition) is 0. The largest absolute Gasteiger partial charge is 0.384 e. The molecule has 0 saturated carbocycles. The molecule has 0 saturated heterocycles. The Morgan fingerprint density at radius 1 is 0.439 bits per heavy atom. The summed E-state index contributed by atoms with van der Waals surface area (Å²) in [5, 5.41) is 0. The first kappa shape index (κ1) is 40.7. The van der Waals surface area contributed by atoms with Gasteiger partial charge in [-0.25, -0.2) is 0 Å². The van der Waals surface area contributed by atoms with Gasteiger partial charge in [-0.2, -0.15) is 0 Å². The van der Waals surface area contributed by atoms with Crippen molar-refractivity contribution in [2.45, 2.75) is 106 Å². The molecule has 0 heterocycles. The van der Waals surface area contributed by atoms with Crippen molar-refractivity contribution in [3.05, 3.63) is 0 Å². The van der Waals surface area contributed by atoms with Crippen molar-refractivity contribution in [1.29, 1.82) is 0 Å². The van der Waals surface area contributed by atoms with Crippen molar-refractivity contribution >= 4 is 0 Å². The van der Waals surface area contributed by atoms with E-state index in [1.165, 1.54) is 0 Å². The summed E-state index contributed by atoms with van der Waals surface area (Å²) in [5.74, 6) is 0.787. The summed E-state index contributed by atoms with van der Waals surface area (Å²) in [6.07, 6.45) is 10.6. The molecular weight excluding hydrogens is 520 g/mol. The van der Waals surface area contributed by atoms with E-state index in [-0.39, 0.29) is 10.8 Å². The molecule has 0 N–H and O–H groups in total. The third kappa shape index (κ3) is 21.1. The van der Waals surface area contributed by atoms with Gasteiger partial charge >= 0.3 is 0 Å². The zero-order valence-electron chi connectivity index (χ0n) is 28.6. The molecule has 41 heavy (non-hydrogen) atoms. The first-order valence-corrected chi connectivity index (χ1v) is 16.7. The third-order valence-electron chi connectivity index (χ3n) is 7.48. The highest BCUT2D eigenvalue weighted by molar-refractivity contribution is 4.85. The Balaban J connectivity index is 5.90. The molecule has 7 nitrogen and oxygen atoms in total. The highest BCUT2D eigenvalue weighted by Crippen LogP contribution is 2.36. The molecule has 0 bridgehead atoms. The molecule has 0 amide bonds. The summed E-state index contributed by atoms with van der Waals surface area (Å²) in [5.41, 5.74) is -0.481. The molecular formula is C34H70O7. The second-order valence-corrected chi connectivity index (χ2v) is 12.6. The minimum atomic E-state index is -0.347. The second kappa shape index (κ2) is 27.3. The lowest BCUT2D eigenvalue weighted by molar-refractivity contribution is -0.127. The van der Waals surface area contributed by atoms with Gasteiger partial charge in [0.1, 0.15) is 0 Å². The first-order valence-electron chi connectivity index (χ1n) is 16.7. The van der Waals surface area contributed by atoms with E-state index in [0.29, 0.717) is 51.5 Å². The second-order valence-electron chi connectivity index (χ2n) is 12.6. The Hall–Kier alpha value is -0.280. The van der Waals surface area contributed by atoms with Crippen LogP contribution in [0, 0.1) is 22.7 Å². The highest BCUT2D eigenvalue weighted by atomic mass is 16.5. The quantitative estimate of drug-likeness (QED) is 0.0748. The summed E-state index contributed by atoms with van der Waals surface area (Å²) in [4.78, 5) is 0. The van der Waals surface area contributed by atoms with Crippen LogP contribution in [-0.2, 0) is 33.2 Å². The van der Waals surface area contributed by atoms with Crippen molar-refractivity contribution in [2.24, 2.45) is 22.7 Å². The van der Waals surface area contributed by atoms with E-state index >= 15 is 0 Å². The Bertz CT molecular complexity index is 500. The summed E-state index contributed by atoms with van der Waals surface area (Å²) >= 11 is 0. The van der Waals surface area contributed by atoms with E-state index in [2.05, 4.69) is 41.5 Å². The molecule has 0 aromatic heterocycles. The molecule has 0 aliphatic carbocycles. The average Bonchev–Trinajstić information content (AvgIpc) is 2.94. The zero-order chi connectivity index (χ0) is 30.7. The van der Waals surface area contributed by atoms with Gasteiger partial charge in [-0.15, -0.1) is 0 Å². The maximum absolute atomic E-state index is 6.75. The van der Waals surface area contributed by atoms with Crippen molar-refractivity contribution in [3.63, 3.8) is 0 Å². The normalized spacial score (nSPS) is 15.2. The topological polar surface area (TPSA) is 64.6 Å². The van der Waals surface area contributed by atoms with E-state index in [1.807, 2.05) is 0 Å². The van der Waals surface area contributed by atoms with E-state index in [4.69, 9.17) is 33.2 Å². The fourth-order valence-corrected chi connectivity index (χ4v) is 5.40. The average molecular weight is 591 g/mol. The van der Waals surface area contributed by atoms with E-state index < -0.39 is 0 Å². The third-order valence-corrected chi connectivity index (χ3v) is 7.48. The van der Waals surface area contributed by atoms with Gasteiger partial charge in [0.2, 0.25) is 0 Å². The van der Waals surface area contributed by atoms with Crippen LogP contribution in [0.5, 0.6) is 0 Å². The molecule has 0 rings (SSSR count). The van der Waals surface area contributed by atoms with Crippen molar-refractivity contribution in [3.8, 4) is 0 Å². The lowest BCUT2D eigenvalue weighted by Gasteiger charge is -2.39. The predicted octanol–water partition coefficient (Wildman–Crippen LogP) is 7.59. The maximum Gasteiger partial charge on any atom is 0.0637 e. The number of unbranched alkanes of at least 4 members (excludes halogenated alkanes) is 4. The van der Waals surface area contributed by atoms with Crippen LogP contribution in [0.25, 0.3) is 0 Å². The molecule has 248 valence electrons. The van der Waals surface area contributed by atoms with Crippen LogP contribution in [0.3, 0.4) is 0 Å². The highest BCUT2D eigenvalue weighted by Gasteiger charge is 2.38. The van der Waals surface area contributed by atoms with E-state index in [1.54, 1.807) is 14.2 Å². The summed E-state index contributed by atoms with van der Waals surface area (Å²) in [6.45, 7) is 21.3. The van der Waals surface area contributed by atoms with Gasteiger partial charge in [-0.1, -0.05) is 67.2 Å². The van der Waals surface area contributed by atoms with Crippen LogP contribution in [0.1, 0.15) is 106 Å². The Labute approximate surface area is 255 Å². The van der Waals surface area contributed by atoms with Crippen molar-refractivity contribution in [2.75, 3.05) is 93.5 Å². The molecule has 2 unspecified atom stereocenters. The maximum atomic E-state index is 6.75. The molecule has 0 fully saturated rings. The first-order chi connectivity index (χ1) is 19.9. The Morgan fingerprint density at radius 3 is 1.05 bits per heavy atom. The molecule has 7 heteroatoms. The number of rotatable bonds is 32. The van der Waals surface area contributed by atoms with E-state index in [0.717, 1.165) is 104 Å².